The van der Waals surface area contributed by atoms with Crippen molar-refractivity contribution in [1.82, 2.24) is 0 Å². The third kappa shape index (κ3) is 10.1. The molecule has 2 rings (SSSR count). The third-order valence-electron chi connectivity index (χ3n) is 5.91. The Bertz CT molecular complexity index is 625. The van der Waals surface area contributed by atoms with E-state index in [0.717, 1.165) is 18.1 Å². The number of aliphatic imine (C=N–C) groups is 1. The standard InChI is InChI=1S/C23H37N.C2H4N.2BrH.Ni/c1-15(2)20-10-9-11-21(16(3)4)22(20)24-14-18-13-19(12-17(18)5)23(6,7)8;1-2-3;;;/h9-11,14-19H,12-13H2,1-8H3;2H,1H3;2*1H;/q;-1;;;+3/p-2. The first kappa shape index (κ1) is 30.0. The average molecular weight is 588 g/mol. The van der Waals surface area contributed by atoms with E-state index in [1.165, 1.54) is 40.6 Å². The van der Waals surface area contributed by atoms with Gasteiger partial charge in [-0.1, -0.05) is 80.5 Å². The van der Waals surface area contributed by atoms with Crippen LogP contribution in [0.5, 0.6) is 0 Å². The minimum absolute atomic E-state index is 0.412. The van der Waals surface area contributed by atoms with E-state index in [-0.39, 0.29) is 0 Å². The summed E-state index contributed by atoms with van der Waals surface area (Å²) in [7, 11) is 1.25. The molecule has 0 aliphatic heterocycles. The second-order valence-electron chi connectivity index (χ2n) is 9.85. The van der Waals surface area contributed by atoms with Crippen LogP contribution in [0.3, 0.4) is 0 Å². The molecule has 1 aromatic carbocycles. The van der Waals surface area contributed by atoms with E-state index >= 15 is 0 Å². The topological polar surface area (TPSA) is 34.7 Å². The van der Waals surface area contributed by atoms with Crippen LogP contribution in [0.2, 0.25) is 0 Å². The Morgan fingerprint density at radius 2 is 1.50 bits per heavy atom. The van der Waals surface area contributed by atoms with E-state index < -0.39 is 0 Å². The Balaban J connectivity index is 0.00000125. The maximum atomic E-state index is 7.44. The molecule has 30 heavy (non-hydrogen) atoms. The van der Waals surface area contributed by atoms with Gasteiger partial charge in [-0.05, 0) is 59.0 Å². The molecule has 0 N–H and O–H groups in total. The van der Waals surface area contributed by atoms with Gasteiger partial charge in [0.2, 0.25) is 0 Å². The number of para-hydroxylation sites is 1. The van der Waals surface area contributed by atoms with E-state index in [1.54, 1.807) is 6.92 Å². The summed E-state index contributed by atoms with van der Waals surface area (Å²) < 4.78 is 0. The van der Waals surface area contributed by atoms with E-state index in [1.807, 2.05) is 0 Å². The molecule has 1 saturated carbocycles. The molecular weight excluding hydrogens is 547 g/mol. The summed E-state index contributed by atoms with van der Waals surface area (Å²) in [6.45, 7) is 20.2. The zero-order valence-electron chi connectivity index (χ0n) is 20.2. The molecule has 0 saturated heterocycles. The van der Waals surface area contributed by atoms with Crippen molar-refractivity contribution in [2.75, 3.05) is 0 Å². The van der Waals surface area contributed by atoms with Crippen LogP contribution < -0.4 is 0 Å². The van der Waals surface area contributed by atoms with Crippen molar-refractivity contribution in [2.24, 2.45) is 28.2 Å². The first-order valence-corrected chi connectivity index (χ1v) is 15.7. The van der Waals surface area contributed by atoms with Gasteiger partial charge in [-0.25, -0.2) is 6.21 Å². The quantitative estimate of drug-likeness (QED) is 0.248. The van der Waals surface area contributed by atoms with E-state index in [0.29, 0.717) is 23.2 Å². The van der Waals surface area contributed by atoms with Gasteiger partial charge in [-0.2, -0.15) is 0 Å². The van der Waals surface area contributed by atoms with Gasteiger partial charge < -0.3 is 5.41 Å². The van der Waals surface area contributed by atoms with Gasteiger partial charge >= 0.3 is 39.3 Å². The Morgan fingerprint density at radius 1 is 1.07 bits per heavy atom. The van der Waals surface area contributed by atoms with E-state index in [9.17, 15) is 0 Å². The molecule has 3 atom stereocenters. The number of halogens is 2. The van der Waals surface area contributed by atoms with Gasteiger partial charge in [0.1, 0.15) is 0 Å². The van der Waals surface area contributed by atoms with Crippen molar-refractivity contribution in [3.8, 4) is 0 Å². The summed E-state index contributed by atoms with van der Waals surface area (Å²) in [6.07, 6.45) is 5.90. The van der Waals surface area contributed by atoms with Crippen molar-refractivity contribution >= 4 is 46.6 Å². The van der Waals surface area contributed by atoms with Gasteiger partial charge in [0.05, 0.1) is 5.69 Å². The Morgan fingerprint density at radius 3 is 1.83 bits per heavy atom. The number of nitrogens with zero attached hydrogens (tertiary/aromatic N) is 2. The third-order valence-corrected chi connectivity index (χ3v) is 5.91. The van der Waals surface area contributed by atoms with Crippen molar-refractivity contribution in [3.05, 3.63) is 34.7 Å². The molecule has 2 nitrogen and oxygen atoms in total. The second-order valence-corrected chi connectivity index (χ2v) is 14.8. The van der Waals surface area contributed by atoms with E-state index in [4.69, 9.17) is 10.4 Å². The Labute approximate surface area is 206 Å². The first-order valence-electron chi connectivity index (χ1n) is 10.9. The predicted octanol–water partition coefficient (Wildman–Crippen LogP) is 9.68. The van der Waals surface area contributed by atoms with Gasteiger partial charge in [-0.3, -0.25) is 4.99 Å². The van der Waals surface area contributed by atoms with Crippen LogP contribution >= 0.6 is 28.5 Å². The molecule has 3 unspecified atom stereocenters. The van der Waals surface area contributed by atoms with Crippen LogP contribution in [0.4, 0.5) is 5.69 Å². The molecule has 1 aliphatic rings. The molecule has 1 aromatic rings. The molecule has 1 aliphatic carbocycles. The molecule has 0 radical (unpaired) electrons. The van der Waals surface area contributed by atoms with Crippen molar-refractivity contribution in [3.63, 3.8) is 0 Å². The summed E-state index contributed by atoms with van der Waals surface area (Å²) in [4.78, 5) is 5.07. The van der Waals surface area contributed by atoms with Gasteiger partial charge in [-0.15, -0.1) is 0 Å². The van der Waals surface area contributed by atoms with Crippen LogP contribution in [0, 0.1) is 23.2 Å². The molecule has 0 heterocycles. The van der Waals surface area contributed by atoms with Crippen molar-refractivity contribution in [1.29, 1.82) is 0 Å². The van der Waals surface area contributed by atoms with Gasteiger partial charge in [0.25, 0.3) is 0 Å². The minimum atomic E-state index is 0.412. The average Bonchev–Trinajstić information content (AvgIpc) is 3.02. The van der Waals surface area contributed by atoms with Crippen molar-refractivity contribution in [2.45, 2.75) is 87.0 Å². The predicted molar refractivity (Wildman–Crippen MR) is 141 cm³/mol. The Hall–Kier alpha value is 0.0135. The molecule has 0 amide bonds. The maximum absolute atomic E-state index is 7.44. The van der Waals surface area contributed by atoms with Crippen LogP contribution in [0.1, 0.15) is 98.1 Å². The number of hydrogen-bond acceptors (Lipinski definition) is 1. The normalized spacial score (nSPS) is 21.4. The first-order chi connectivity index (χ1) is 13.9. The summed E-state index contributed by atoms with van der Waals surface area (Å²) in [6, 6.07) is 6.69. The molecular formula is C25H41Br2N2Ni. The molecule has 0 spiro atoms. The molecule has 175 valence electrons. The zero-order valence-corrected chi connectivity index (χ0v) is 24.3. The zero-order chi connectivity index (χ0) is 23.5. The SMILES string of the molecule is CC(C)c1cccc(C(C)C)c1N=CC1CC(C(C)(C)C)CC1C.CC=[N-].[Br][Ni+][Br]. The number of benzene rings is 1. The summed E-state index contributed by atoms with van der Waals surface area (Å²) >= 11 is 6.00. The summed E-state index contributed by atoms with van der Waals surface area (Å²) in [5.41, 5.74) is 4.41. The fourth-order valence-electron chi connectivity index (χ4n) is 4.03. The van der Waals surface area contributed by atoms with Crippen LogP contribution in [-0.2, 0) is 10.9 Å². The van der Waals surface area contributed by atoms with Crippen molar-refractivity contribution < 1.29 is 10.9 Å². The van der Waals surface area contributed by atoms with Gasteiger partial charge in [0, 0.05) is 6.21 Å². The molecule has 0 aromatic heterocycles. The Kier molecular flexibility index (Phi) is 15.0. The molecule has 0 bridgehead atoms. The fraction of sp³-hybridized carbons (Fsp3) is 0.680. The van der Waals surface area contributed by atoms with Crippen LogP contribution in [0.15, 0.2) is 23.2 Å². The van der Waals surface area contributed by atoms with Crippen LogP contribution in [-0.4, -0.2) is 12.4 Å². The monoisotopic (exact) mass is 585 g/mol. The van der Waals surface area contributed by atoms with E-state index in [2.05, 4.69) is 108 Å². The number of rotatable bonds is 4. The van der Waals surface area contributed by atoms with Crippen LogP contribution in [0.25, 0.3) is 5.41 Å². The summed E-state index contributed by atoms with van der Waals surface area (Å²) in [5, 5.41) is 7.44. The molecule has 1 fully saturated rings. The molecule has 5 heteroatoms. The second kappa shape index (κ2) is 15.0. The summed E-state index contributed by atoms with van der Waals surface area (Å²) in [5.74, 6) is 3.20. The number of hydrogen-bond donors (Lipinski definition) is 0. The van der Waals surface area contributed by atoms with Gasteiger partial charge in [0.15, 0.2) is 0 Å². The fourth-order valence-corrected chi connectivity index (χ4v) is 4.03.